The normalized spacial score (nSPS) is 27.8. The molecular formula is C9H17NO2. The van der Waals surface area contributed by atoms with E-state index in [0.29, 0.717) is 11.5 Å². The number of carbonyl (C=O) groups excluding carboxylic acids is 1. The highest BCUT2D eigenvalue weighted by Crippen LogP contribution is 2.44. The fourth-order valence-corrected chi connectivity index (χ4v) is 1.30. The second kappa shape index (κ2) is 3.05. The molecule has 2 atom stereocenters. The van der Waals surface area contributed by atoms with E-state index in [1.807, 2.05) is 6.92 Å². The van der Waals surface area contributed by atoms with Crippen LogP contribution in [-0.2, 0) is 9.53 Å². The monoisotopic (exact) mass is 171 g/mol. The van der Waals surface area contributed by atoms with Crippen LogP contribution in [0.5, 0.6) is 0 Å². The van der Waals surface area contributed by atoms with E-state index < -0.39 is 0 Å². The number of hydrogen-bond donors (Lipinski definition) is 1. The summed E-state index contributed by atoms with van der Waals surface area (Å²) < 4.78 is 4.61. The van der Waals surface area contributed by atoms with Gasteiger partial charge in [-0.25, -0.2) is 0 Å². The Morgan fingerprint density at radius 1 is 1.67 bits per heavy atom. The Hall–Kier alpha value is -0.570. The van der Waals surface area contributed by atoms with Crippen LogP contribution in [-0.4, -0.2) is 25.2 Å². The number of rotatable bonds is 3. The molecule has 1 rings (SSSR count). The first-order valence-electron chi connectivity index (χ1n) is 4.31. The van der Waals surface area contributed by atoms with Crippen molar-refractivity contribution in [2.75, 3.05) is 7.11 Å². The van der Waals surface area contributed by atoms with Gasteiger partial charge in [0.05, 0.1) is 7.11 Å². The van der Waals surface area contributed by atoms with Crippen molar-refractivity contribution >= 4 is 5.97 Å². The molecule has 3 nitrogen and oxygen atoms in total. The molecule has 1 aliphatic rings. The first kappa shape index (κ1) is 9.52. The van der Waals surface area contributed by atoms with Gasteiger partial charge in [0.15, 0.2) is 0 Å². The third-order valence-electron chi connectivity index (χ3n) is 2.52. The minimum Gasteiger partial charge on any atom is -0.468 e. The Bertz CT molecular complexity index is 189. The summed E-state index contributed by atoms with van der Waals surface area (Å²) in [4.78, 5) is 11.0. The summed E-state index contributed by atoms with van der Waals surface area (Å²) in [6, 6.07) is 0.299. The first-order chi connectivity index (χ1) is 5.47. The Labute approximate surface area is 73.5 Å². The van der Waals surface area contributed by atoms with Crippen LogP contribution < -0.4 is 5.32 Å². The molecular weight excluding hydrogens is 154 g/mol. The van der Waals surface area contributed by atoms with Crippen LogP contribution in [0.3, 0.4) is 0 Å². The molecule has 0 spiro atoms. The summed E-state index contributed by atoms with van der Waals surface area (Å²) in [5, 5.41) is 3.22. The quantitative estimate of drug-likeness (QED) is 0.642. The third-order valence-corrected chi connectivity index (χ3v) is 2.52. The van der Waals surface area contributed by atoms with Crippen LogP contribution in [0, 0.1) is 5.41 Å². The number of methoxy groups -OCH3 is 1. The van der Waals surface area contributed by atoms with Gasteiger partial charge in [0.1, 0.15) is 6.04 Å². The highest BCUT2D eigenvalue weighted by atomic mass is 16.5. The number of esters is 1. The van der Waals surface area contributed by atoms with Crippen molar-refractivity contribution < 1.29 is 9.53 Å². The van der Waals surface area contributed by atoms with Gasteiger partial charge in [-0.1, -0.05) is 13.8 Å². The average molecular weight is 171 g/mol. The van der Waals surface area contributed by atoms with Crippen molar-refractivity contribution in [3.05, 3.63) is 0 Å². The van der Waals surface area contributed by atoms with Crippen molar-refractivity contribution in [1.29, 1.82) is 0 Å². The molecule has 1 saturated carbocycles. The lowest BCUT2D eigenvalue weighted by Gasteiger charge is -2.12. The van der Waals surface area contributed by atoms with E-state index in [4.69, 9.17) is 0 Å². The molecule has 70 valence electrons. The van der Waals surface area contributed by atoms with Gasteiger partial charge in [0.2, 0.25) is 0 Å². The molecule has 0 radical (unpaired) electrons. The van der Waals surface area contributed by atoms with Gasteiger partial charge < -0.3 is 10.1 Å². The average Bonchev–Trinajstić information content (AvgIpc) is 2.57. The Morgan fingerprint density at radius 3 is 2.50 bits per heavy atom. The smallest absolute Gasteiger partial charge is 0.322 e. The van der Waals surface area contributed by atoms with Gasteiger partial charge in [0, 0.05) is 6.04 Å². The van der Waals surface area contributed by atoms with Gasteiger partial charge in [-0.05, 0) is 18.8 Å². The molecule has 0 aromatic heterocycles. The molecule has 12 heavy (non-hydrogen) atoms. The van der Waals surface area contributed by atoms with Crippen molar-refractivity contribution in [3.8, 4) is 0 Å². The first-order valence-corrected chi connectivity index (χ1v) is 4.31. The van der Waals surface area contributed by atoms with Crippen molar-refractivity contribution in [3.63, 3.8) is 0 Å². The summed E-state index contributed by atoms with van der Waals surface area (Å²) in [6.45, 7) is 6.21. The molecule has 0 aromatic carbocycles. The number of carbonyl (C=O) groups is 1. The summed E-state index contributed by atoms with van der Waals surface area (Å²) in [6.07, 6.45) is 1.15. The van der Waals surface area contributed by atoms with Crippen LogP contribution in [0.2, 0.25) is 0 Å². The second-order valence-electron chi connectivity index (χ2n) is 4.16. The lowest BCUT2D eigenvalue weighted by Crippen LogP contribution is -2.37. The van der Waals surface area contributed by atoms with E-state index in [9.17, 15) is 4.79 Å². The van der Waals surface area contributed by atoms with Crippen LogP contribution >= 0.6 is 0 Å². The maximum absolute atomic E-state index is 11.0. The topological polar surface area (TPSA) is 38.3 Å². The SMILES string of the molecule is COC(=O)C(C)NC1CC1(C)C. The summed E-state index contributed by atoms with van der Waals surface area (Å²) in [5.74, 6) is -0.183. The highest BCUT2D eigenvalue weighted by molar-refractivity contribution is 5.75. The molecule has 2 unspecified atom stereocenters. The molecule has 0 aliphatic heterocycles. The van der Waals surface area contributed by atoms with Crippen LogP contribution in [0.25, 0.3) is 0 Å². The van der Waals surface area contributed by atoms with Crippen LogP contribution in [0.4, 0.5) is 0 Å². The summed E-state index contributed by atoms with van der Waals surface area (Å²) >= 11 is 0. The minimum atomic E-state index is -0.183. The van der Waals surface area contributed by atoms with Gasteiger partial charge in [-0.3, -0.25) is 4.79 Å². The Kier molecular flexibility index (Phi) is 2.42. The van der Waals surface area contributed by atoms with Crippen molar-refractivity contribution in [2.45, 2.75) is 39.3 Å². The van der Waals surface area contributed by atoms with E-state index in [2.05, 4.69) is 23.9 Å². The molecule has 1 N–H and O–H groups in total. The van der Waals surface area contributed by atoms with Crippen LogP contribution in [0.1, 0.15) is 27.2 Å². The van der Waals surface area contributed by atoms with E-state index in [-0.39, 0.29) is 12.0 Å². The van der Waals surface area contributed by atoms with Gasteiger partial charge in [0.25, 0.3) is 0 Å². The third kappa shape index (κ3) is 1.97. The van der Waals surface area contributed by atoms with Crippen LogP contribution in [0.15, 0.2) is 0 Å². The molecule has 0 amide bonds. The van der Waals surface area contributed by atoms with Gasteiger partial charge in [-0.15, -0.1) is 0 Å². The number of nitrogens with one attached hydrogen (secondary N) is 1. The zero-order valence-corrected chi connectivity index (χ0v) is 8.18. The molecule has 0 bridgehead atoms. The Balaban J connectivity index is 2.29. The van der Waals surface area contributed by atoms with E-state index >= 15 is 0 Å². The molecule has 0 saturated heterocycles. The lowest BCUT2D eigenvalue weighted by molar-refractivity contribution is -0.142. The molecule has 1 aliphatic carbocycles. The molecule has 1 fully saturated rings. The second-order valence-corrected chi connectivity index (χ2v) is 4.16. The number of hydrogen-bond acceptors (Lipinski definition) is 3. The summed E-state index contributed by atoms with van der Waals surface area (Å²) in [5.41, 5.74) is 0.363. The predicted molar refractivity (Wildman–Crippen MR) is 46.8 cm³/mol. The van der Waals surface area contributed by atoms with E-state index in [1.54, 1.807) is 0 Å². The fourth-order valence-electron chi connectivity index (χ4n) is 1.30. The van der Waals surface area contributed by atoms with Gasteiger partial charge >= 0.3 is 5.97 Å². The molecule has 0 aromatic rings. The number of ether oxygens (including phenoxy) is 1. The van der Waals surface area contributed by atoms with Crippen molar-refractivity contribution in [2.24, 2.45) is 5.41 Å². The molecule has 0 heterocycles. The Morgan fingerprint density at radius 2 is 2.17 bits per heavy atom. The van der Waals surface area contributed by atoms with E-state index in [1.165, 1.54) is 7.11 Å². The maximum Gasteiger partial charge on any atom is 0.322 e. The maximum atomic E-state index is 11.0. The largest absolute Gasteiger partial charge is 0.468 e. The predicted octanol–water partition coefficient (Wildman–Crippen LogP) is 0.936. The lowest BCUT2D eigenvalue weighted by atomic mass is 10.2. The minimum absolute atomic E-state index is 0.179. The van der Waals surface area contributed by atoms with E-state index in [0.717, 1.165) is 6.42 Å². The summed E-state index contributed by atoms with van der Waals surface area (Å²) in [7, 11) is 1.42. The standard InChI is InChI=1S/C9H17NO2/c1-6(8(11)12-4)10-7-5-9(7,2)3/h6-7,10H,5H2,1-4H3. The van der Waals surface area contributed by atoms with Crippen molar-refractivity contribution in [1.82, 2.24) is 5.32 Å². The zero-order valence-electron chi connectivity index (χ0n) is 8.18. The highest BCUT2D eigenvalue weighted by Gasteiger charge is 2.46. The van der Waals surface area contributed by atoms with Gasteiger partial charge in [-0.2, -0.15) is 0 Å². The molecule has 3 heteroatoms. The zero-order chi connectivity index (χ0) is 9.35. The fraction of sp³-hybridized carbons (Fsp3) is 0.889.